The molecule has 1 aliphatic carbocycles. The van der Waals surface area contributed by atoms with E-state index in [-0.39, 0.29) is 35.9 Å². The Morgan fingerprint density at radius 1 is 1.41 bits per heavy atom. The summed E-state index contributed by atoms with van der Waals surface area (Å²) in [7, 11) is 0. The number of carbonyl (C=O) groups excluding carboxylic acids is 1. The first-order valence-corrected chi connectivity index (χ1v) is 12.0. The topological polar surface area (TPSA) is 82.0 Å². The summed E-state index contributed by atoms with van der Waals surface area (Å²) < 4.78 is 5.92. The van der Waals surface area contributed by atoms with E-state index in [0.29, 0.717) is 17.2 Å². The van der Waals surface area contributed by atoms with E-state index in [4.69, 9.17) is 16.3 Å². The number of fused-ring (bicyclic) bond motifs is 3. The summed E-state index contributed by atoms with van der Waals surface area (Å²) in [5.41, 5.74) is 3.13. The number of aromatic nitrogens is 2. The van der Waals surface area contributed by atoms with Gasteiger partial charge in [0.15, 0.2) is 5.75 Å². The molecule has 0 radical (unpaired) electrons. The van der Waals surface area contributed by atoms with Gasteiger partial charge in [0.25, 0.3) is 0 Å². The van der Waals surface area contributed by atoms with Crippen LogP contribution in [0.15, 0.2) is 24.0 Å². The zero-order chi connectivity index (χ0) is 22.4. The first-order chi connectivity index (χ1) is 15.5. The average molecular weight is 453 g/mol. The highest BCUT2D eigenvalue weighted by molar-refractivity contribution is 6.37. The van der Waals surface area contributed by atoms with Crippen LogP contribution in [0.1, 0.15) is 70.3 Å². The molecule has 7 heteroatoms. The van der Waals surface area contributed by atoms with Gasteiger partial charge in [0.1, 0.15) is 5.65 Å². The maximum Gasteiger partial charge on any atom is 0.223 e. The Hall–Kier alpha value is -2.52. The highest BCUT2D eigenvalue weighted by atomic mass is 35.5. The number of nitrogens with one attached hydrogen (secondary N) is 1. The van der Waals surface area contributed by atoms with Crippen molar-refractivity contribution in [3.8, 4) is 11.8 Å². The van der Waals surface area contributed by atoms with Gasteiger partial charge in [-0.05, 0) is 56.9 Å². The molecule has 2 aliphatic heterocycles. The number of ether oxygens (including phenoxy) is 1. The van der Waals surface area contributed by atoms with Crippen LogP contribution in [0.25, 0.3) is 11.0 Å². The predicted molar refractivity (Wildman–Crippen MR) is 124 cm³/mol. The molecule has 1 saturated carbocycles. The largest absolute Gasteiger partial charge is 0.487 e. The normalized spacial score (nSPS) is 26.0. The fourth-order valence-electron chi connectivity index (χ4n) is 5.45. The molecule has 32 heavy (non-hydrogen) atoms. The Morgan fingerprint density at radius 2 is 2.12 bits per heavy atom. The van der Waals surface area contributed by atoms with Crippen molar-refractivity contribution in [1.82, 2.24) is 14.9 Å². The molecule has 1 N–H and O–H groups in total. The number of piperidine rings is 2. The van der Waals surface area contributed by atoms with E-state index in [1.54, 1.807) is 6.20 Å². The van der Waals surface area contributed by atoms with E-state index in [1.807, 2.05) is 6.20 Å². The lowest BCUT2D eigenvalue weighted by atomic mass is 9.76. The van der Waals surface area contributed by atoms with Gasteiger partial charge < -0.3 is 14.6 Å². The molecule has 3 fully saturated rings. The standard InChI is InChI=1S/C25H29ClN4O2/c1-3-15-7-17-9-16(11-27)10-18(8-15)30(17)22(31)6-14(2)20-12-28-25-23(20)24(26)21(13-29-25)32-19-4-5-19/h3,12-14,16-19H,4-10H2,1-2H3,(H,28,29). The van der Waals surface area contributed by atoms with Gasteiger partial charge in [-0.3, -0.25) is 4.79 Å². The molecule has 5 rings (SSSR count). The fourth-order valence-corrected chi connectivity index (χ4v) is 5.75. The number of aromatic amines is 1. The van der Waals surface area contributed by atoms with Crippen molar-refractivity contribution in [2.75, 3.05) is 0 Å². The minimum atomic E-state index is -0.0117. The van der Waals surface area contributed by atoms with Crippen LogP contribution >= 0.6 is 11.6 Å². The van der Waals surface area contributed by atoms with Crippen molar-refractivity contribution in [2.24, 2.45) is 5.92 Å². The predicted octanol–water partition coefficient (Wildman–Crippen LogP) is 5.49. The maximum absolute atomic E-state index is 13.5. The molecule has 0 spiro atoms. The Labute approximate surface area is 193 Å². The third-order valence-electron chi connectivity index (χ3n) is 7.24. The zero-order valence-electron chi connectivity index (χ0n) is 18.6. The van der Waals surface area contributed by atoms with E-state index in [9.17, 15) is 10.1 Å². The average Bonchev–Trinajstić information content (AvgIpc) is 3.49. The molecule has 3 unspecified atom stereocenters. The van der Waals surface area contributed by atoms with E-state index in [2.05, 4.69) is 40.9 Å². The van der Waals surface area contributed by atoms with Crippen LogP contribution in [0.4, 0.5) is 0 Å². The molecule has 1 amide bonds. The third-order valence-corrected chi connectivity index (χ3v) is 7.62. The van der Waals surface area contributed by atoms with E-state index in [0.717, 1.165) is 55.1 Å². The van der Waals surface area contributed by atoms with Gasteiger partial charge in [0, 0.05) is 30.1 Å². The van der Waals surface area contributed by atoms with Crippen molar-refractivity contribution >= 4 is 28.5 Å². The SMILES string of the molecule is CC=C1CC2CC(C#N)CC(C1)N2C(=O)CC(C)c1c[nH]c2ncc(OC3CC3)c(Cl)c12. The Balaban J connectivity index is 1.37. The summed E-state index contributed by atoms with van der Waals surface area (Å²) >= 11 is 6.71. The van der Waals surface area contributed by atoms with Crippen LogP contribution < -0.4 is 4.74 Å². The number of hydrogen-bond donors (Lipinski definition) is 1. The van der Waals surface area contributed by atoms with E-state index >= 15 is 0 Å². The number of pyridine rings is 1. The monoisotopic (exact) mass is 452 g/mol. The molecule has 2 aromatic rings. The molecule has 4 heterocycles. The summed E-state index contributed by atoms with van der Waals surface area (Å²) in [6, 6.07) is 2.70. The highest BCUT2D eigenvalue weighted by Crippen LogP contribution is 2.42. The number of amides is 1. The lowest BCUT2D eigenvalue weighted by Crippen LogP contribution is -2.55. The lowest BCUT2D eigenvalue weighted by Gasteiger charge is -2.48. The van der Waals surface area contributed by atoms with Gasteiger partial charge in [-0.1, -0.05) is 30.2 Å². The van der Waals surface area contributed by atoms with Crippen molar-refractivity contribution in [3.63, 3.8) is 0 Å². The molecular weight excluding hydrogens is 424 g/mol. The summed E-state index contributed by atoms with van der Waals surface area (Å²) in [6.45, 7) is 4.14. The van der Waals surface area contributed by atoms with Crippen LogP contribution in [-0.2, 0) is 4.79 Å². The van der Waals surface area contributed by atoms with Gasteiger partial charge >= 0.3 is 0 Å². The van der Waals surface area contributed by atoms with Gasteiger partial charge in [0.2, 0.25) is 5.91 Å². The summed E-state index contributed by atoms with van der Waals surface area (Å²) in [6.07, 6.45) is 11.9. The highest BCUT2D eigenvalue weighted by Gasteiger charge is 2.42. The molecule has 0 aromatic carbocycles. The third kappa shape index (κ3) is 3.88. The number of nitrogens with zero attached hydrogens (tertiary/aromatic N) is 3. The first kappa shape index (κ1) is 21.3. The minimum absolute atomic E-state index is 0.0117. The molecule has 2 saturated heterocycles. The molecule has 3 aliphatic rings. The number of allylic oxidation sites excluding steroid dienone is 1. The smallest absolute Gasteiger partial charge is 0.223 e. The van der Waals surface area contributed by atoms with Crippen molar-refractivity contribution < 1.29 is 9.53 Å². The van der Waals surface area contributed by atoms with Crippen LogP contribution in [0.3, 0.4) is 0 Å². The van der Waals surface area contributed by atoms with Crippen LogP contribution in [-0.4, -0.2) is 39.0 Å². The zero-order valence-corrected chi connectivity index (χ0v) is 19.4. The molecule has 2 bridgehead atoms. The van der Waals surface area contributed by atoms with E-state index < -0.39 is 0 Å². The molecule has 3 atom stereocenters. The fraction of sp³-hybridized carbons (Fsp3) is 0.560. The summed E-state index contributed by atoms with van der Waals surface area (Å²) in [5, 5.41) is 10.9. The molecule has 168 valence electrons. The summed E-state index contributed by atoms with van der Waals surface area (Å²) in [4.78, 5) is 23.3. The van der Waals surface area contributed by atoms with Crippen LogP contribution in [0, 0.1) is 17.2 Å². The quantitative estimate of drug-likeness (QED) is 0.608. The second kappa shape index (κ2) is 8.44. The molecule has 6 nitrogen and oxygen atoms in total. The van der Waals surface area contributed by atoms with Gasteiger partial charge in [0.05, 0.1) is 29.3 Å². The lowest BCUT2D eigenvalue weighted by molar-refractivity contribution is -0.140. The number of halogens is 1. The first-order valence-electron chi connectivity index (χ1n) is 11.6. The maximum atomic E-state index is 13.5. The van der Waals surface area contributed by atoms with Crippen molar-refractivity contribution in [3.05, 3.63) is 34.6 Å². The Kier molecular flexibility index (Phi) is 5.63. The van der Waals surface area contributed by atoms with Crippen LogP contribution in [0.5, 0.6) is 5.75 Å². The van der Waals surface area contributed by atoms with Gasteiger partial charge in [-0.2, -0.15) is 5.26 Å². The number of nitriles is 1. The Morgan fingerprint density at radius 3 is 2.75 bits per heavy atom. The van der Waals surface area contributed by atoms with Gasteiger partial charge in [-0.25, -0.2) is 4.98 Å². The van der Waals surface area contributed by atoms with Crippen LogP contribution in [0.2, 0.25) is 5.02 Å². The van der Waals surface area contributed by atoms with E-state index in [1.165, 1.54) is 5.57 Å². The number of H-pyrrole nitrogens is 1. The van der Waals surface area contributed by atoms with Gasteiger partial charge in [-0.15, -0.1) is 0 Å². The number of rotatable bonds is 5. The second-order valence-electron chi connectivity index (χ2n) is 9.59. The minimum Gasteiger partial charge on any atom is -0.487 e. The van der Waals surface area contributed by atoms with Crippen molar-refractivity contribution in [2.45, 2.75) is 82.9 Å². The number of hydrogen-bond acceptors (Lipinski definition) is 4. The second-order valence-corrected chi connectivity index (χ2v) is 9.97. The number of carbonyl (C=O) groups is 1. The molecular formula is C25H29ClN4O2. The summed E-state index contributed by atoms with van der Waals surface area (Å²) in [5.74, 6) is 0.825. The van der Waals surface area contributed by atoms with Crippen molar-refractivity contribution in [1.29, 1.82) is 5.26 Å². The Bertz CT molecular complexity index is 1100. The molecule has 2 aromatic heterocycles.